The number of nitrogens with zero attached hydrogens (tertiary/aromatic N) is 5. The molecule has 0 atom stereocenters. The summed E-state index contributed by atoms with van der Waals surface area (Å²) in [5.74, 6) is -1.63. The van der Waals surface area contributed by atoms with Gasteiger partial charge in [-0.1, -0.05) is 11.8 Å². The van der Waals surface area contributed by atoms with Crippen LogP contribution in [0.15, 0.2) is 33.9 Å². The van der Waals surface area contributed by atoms with Gasteiger partial charge >= 0.3 is 5.97 Å². The minimum Gasteiger partial charge on any atom is -0.481 e. The molecule has 0 aromatic carbocycles. The molecule has 0 bridgehead atoms. The number of carboxylic acids is 1. The zero-order valence-electron chi connectivity index (χ0n) is 14.3. The molecular weight excluding hydrogens is 404 g/mol. The molecule has 3 aromatic heterocycles. The lowest BCUT2D eigenvalue weighted by Crippen LogP contribution is -2.38. The first-order valence-electron chi connectivity index (χ1n) is 8.31. The van der Waals surface area contributed by atoms with Crippen molar-refractivity contribution in [2.75, 3.05) is 11.1 Å². The average Bonchev–Trinajstić information content (AvgIpc) is 3.13. The van der Waals surface area contributed by atoms with Gasteiger partial charge in [-0.25, -0.2) is 19.9 Å². The molecule has 0 radical (unpaired) electrons. The van der Waals surface area contributed by atoms with Crippen LogP contribution in [0.5, 0.6) is 0 Å². The first-order chi connectivity index (χ1) is 13.5. The highest BCUT2D eigenvalue weighted by Crippen LogP contribution is 2.39. The molecule has 1 amide bonds. The molecule has 1 saturated carbocycles. The summed E-state index contributed by atoms with van der Waals surface area (Å²) in [5.41, 5.74) is -0.0617. The number of aliphatic carboxylic acids is 1. The van der Waals surface area contributed by atoms with E-state index >= 15 is 0 Å². The standard InChI is InChI=1S/C16H14N6O4S2/c23-10(20-15-19-3-4-27-15)7-28-16-21-12-11(17-1-2-18-12)13(24)22(16)9-5-8(6-9)14(25)26/h1-4,8-9H,5-7H2,(H,25,26)(H,19,20,23). The third kappa shape index (κ3) is 3.60. The molecule has 0 saturated heterocycles. The molecule has 0 unspecified atom stereocenters. The molecule has 2 N–H and O–H groups in total. The van der Waals surface area contributed by atoms with Crippen LogP contribution >= 0.6 is 23.1 Å². The van der Waals surface area contributed by atoms with Gasteiger partial charge in [0.2, 0.25) is 5.91 Å². The Morgan fingerprint density at radius 1 is 1.25 bits per heavy atom. The number of thioether (sulfide) groups is 1. The number of anilines is 1. The molecule has 0 aliphatic heterocycles. The number of carbonyl (C=O) groups is 2. The quantitative estimate of drug-likeness (QED) is 0.449. The maximum atomic E-state index is 12.9. The van der Waals surface area contributed by atoms with E-state index in [9.17, 15) is 14.4 Å². The third-order valence-electron chi connectivity index (χ3n) is 4.35. The summed E-state index contributed by atoms with van der Waals surface area (Å²) in [5, 5.41) is 14.3. The number of amides is 1. The van der Waals surface area contributed by atoms with E-state index in [1.807, 2.05) is 0 Å². The minimum absolute atomic E-state index is 0.0207. The van der Waals surface area contributed by atoms with Gasteiger partial charge in [0.1, 0.15) is 0 Å². The van der Waals surface area contributed by atoms with Gasteiger partial charge in [-0.3, -0.25) is 19.0 Å². The van der Waals surface area contributed by atoms with Crippen molar-refractivity contribution in [1.82, 2.24) is 24.5 Å². The maximum Gasteiger partial charge on any atom is 0.306 e. The number of carboxylic acid groups (broad SMARTS) is 1. The van der Waals surface area contributed by atoms with Crippen LogP contribution in [0.1, 0.15) is 18.9 Å². The summed E-state index contributed by atoms with van der Waals surface area (Å²) in [4.78, 5) is 52.7. The Morgan fingerprint density at radius 2 is 2.04 bits per heavy atom. The fourth-order valence-corrected chi connectivity index (χ4v) is 4.30. The molecular formula is C16H14N6O4S2. The predicted molar refractivity (Wildman–Crippen MR) is 102 cm³/mol. The van der Waals surface area contributed by atoms with Crippen molar-refractivity contribution >= 4 is 51.3 Å². The van der Waals surface area contributed by atoms with Crippen LogP contribution < -0.4 is 10.9 Å². The third-order valence-corrected chi connectivity index (χ3v) is 5.99. The van der Waals surface area contributed by atoms with Crippen LogP contribution in [-0.4, -0.2) is 47.2 Å². The number of hydrogen-bond donors (Lipinski definition) is 2. The highest BCUT2D eigenvalue weighted by molar-refractivity contribution is 7.99. The van der Waals surface area contributed by atoms with E-state index < -0.39 is 11.9 Å². The Balaban J connectivity index is 1.60. The number of hydrogen-bond acceptors (Lipinski definition) is 9. The summed E-state index contributed by atoms with van der Waals surface area (Å²) in [6.45, 7) is 0. The van der Waals surface area contributed by atoms with Crippen LogP contribution in [0.25, 0.3) is 11.2 Å². The van der Waals surface area contributed by atoms with Crippen LogP contribution in [0, 0.1) is 5.92 Å². The SMILES string of the molecule is O=C(CSc1nc2nccnc2c(=O)n1C1CC(C(=O)O)C1)Nc1nccs1. The van der Waals surface area contributed by atoms with Gasteiger partial charge in [0.05, 0.1) is 11.7 Å². The van der Waals surface area contributed by atoms with E-state index in [0.29, 0.717) is 23.1 Å². The molecule has 3 heterocycles. The number of aromatic nitrogens is 5. The molecule has 4 rings (SSSR count). The molecule has 28 heavy (non-hydrogen) atoms. The fourth-order valence-electron chi connectivity index (χ4n) is 2.90. The Hall–Kier alpha value is -2.86. The van der Waals surface area contributed by atoms with Gasteiger partial charge in [-0.2, -0.15) is 0 Å². The number of rotatable bonds is 6. The number of carbonyl (C=O) groups excluding carboxylic acids is 1. The Bertz CT molecular complexity index is 1090. The van der Waals surface area contributed by atoms with Crippen molar-refractivity contribution in [2.24, 2.45) is 5.92 Å². The second kappa shape index (κ2) is 7.64. The van der Waals surface area contributed by atoms with Gasteiger partial charge in [0.15, 0.2) is 21.5 Å². The Labute approximate surface area is 166 Å². The van der Waals surface area contributed by atoms with Crippen LogP contribution in [-0.2, 0) is 9.59 Å². The highest BCUT2D eigenvalue weighted by Gasteiger charge is 2.37. The summed E-state index contributed by atoms with van der Waals surface area (Å²) in [6, 6.07) is -0.294. The molecule has 12 heteroatoms. The first-order valence-corrected chi connectivity index (χ1v) is 10.2. The van der Waals surface area contributed by atoms with Gasteiger partial charge in [0.25, 0.3) is 5.56 Å². The Kier molecular flexibility index (Phi) is 5.05. The lowest BCUT2D eigenvalue weighted by Gasteiger charge is -2.34. The normalized spacial score (nSPS) is 18.6. The highest BCUT2D eigenvalue weighted by atomic mass is 32.2. The summed E-state index contributed by atoms with van der Waals surface area (Å²) in [7, 11) is 0. The van der Waals surface area contributed by atoms with Crippen molar-refractivity contribution in [3.05, 3.63) is 34.3 Å². The molecule has 144 valence electrons. The Morgan fingerprint density at radius 3 is 2.75 bits per heavy atom. The predicted octanol–water partition coefficient (Wildman–Crippen LogP) is 1.41. The lowest BCUT2D eigenvalue weighted by atomic mass is 9.80. The smallest absolute Gasteiger partial charge is 0.306 e. The van der Waals surface area contributed by atoms with E-state index in [2.05, 4.69) is 25.3 Å². The monoisotopic (exact) mass is 418 g/mol. The van der Waals surface area contributed by atoms with Gasteiger partial charge in [0, 0.05) is 30.0 Å². The average molecular weight is 418 g/mol. The topological polar surface area (TPSA) is 140 Å². The van der Waals surface area contributed by atoms with Crippen LogP contribution in [0.3, 0.4) is 0 Å². The second-order valence-corrected chi connectivity index (χ2v) is 7.97. The number of nitrogens with one attached hydrogen (secondary N) is 1. The van der Waals surface area contributed by atoms with Crippen molar-refractivity contribution < 1.29 is 14.7 Å². The van der Waals surface area contributed by atoms with Crippen molar-refractivity contribution in [3.8, 4) is 0 Å². The molecule has 0 spiro atoms. The number of fused-ring (bicyclic) bond motifs is 1. The van der Waals surface area contributed by atoms with E-state index in [1.165, 1.54) is 28.3 Å². The van der Waals surface area contributed by atoms with Gasteiger partial charge in [-0.05, 0) is 12.8 Å². The van der Waals surface area contributed by atoms with Gasteiger partial charge < -0.3 is 10.4 Å². The first kappa shape index (κ1) is 18.5. The van der Waals surface area contributed by atoms with Gasteiger partial charge in [-0.15, -0.1) is 11.3 Å². The van der Waals surface area contributed by atoms with E-state index in [1.54, 1.807) is 11.6 Å². The minimum atomic E-state index is -0.880. The number of thiazole rings is 1. The molecule has 3 aromatic rings. The molecule has 1 aliphatic carbocycles. The van der Waals surface area contributed by atoms with Crippen molar-refractivity contribution in [1.29, 1.82) is 0 Å². The lowest BCUT2D eigenvalue weighted by molar-refractivity contribution is -0.146. The maximum absolute atomic E-state index is 12.9. The molecule has 10 nitrogen and oxygen atoms in total. The van der Waals surface area contributed by atoms with Crippen molar-refractivity contribution in [3.63, 3.8) is 0 Å². The van der Waals surface area contributed by atoms with E-state index in [-0.39, 0.29) is 34.4 Å². The fraction of sp³-hybridized carbons (Fsp3) is 0.312. The van der Waals surface area contributed by atoms with E-state index in [0.717, 1.165) is 11.8 Å². The summed E-state index contributed by atoms with van der Waals surface area (Å²) >= 11 is 2.40. The summed E-state index contributed by atoms with van der Waals surface area (Å²) < 4.78 is 1.44. The van der Waals surface area contributed by atoms with Crippen molar-refractivity contribution in [2.45, 2.75) is 24.0 Å². The van der Waals surface area contributed by atoms with Crippen LogP contribution in [0.2, 0.25) is 0 Å². The summed E-state index contributed by atoms with van der Waals surface area (Å²) in [6.07, 6.45) is 5.10. The van der Waals surface area contributed by atoms with Crippen LogP contribution in [0.4, 0.5) is 5.13 Å². The zero-order chi connectivity index (χ0) is 19.7. The second-order valence-electron chi connectivity index (χ2n) is 6.13. The molecule has 1 aliphatic rings. The zero-order valence-corrected chi connectivity index (χ0v) is 15.9. The largest absolute Gasteiger partial charge is 0.481 e. The van der Waals surface area contributed by atoms with E-state index in [4.69, 9.17) is 5.11 Å². The molecule has 1 fully saturated rings.